The minimum atomic E-state index is -0.984. The highest BCUT2D eigenvalue weighted by Gasteiger charge is 2.32. The Morgan fingerprint density at radius 2 is 1.64 bits per heavy atom. The van der Waals surface area contributed by atoms with Gasteiger partial charge in [-0.3, -0.25) is 26.7 Å². The van der Waals surface area contributed by atoms with Gasteiger partial charge in [0, 0.05) is 24.7 Å². The third-order valence-corrected chi connectivity index (χ3v) is 6.95. The summed E-state index contributed by atoms with van der Waals surface area (Å²) in [5.74, 6) is 0.820. The lowest BCUT2D eigenvalue weighted by Crippen LogP contribution is -2.45. The molecule has 11 heteroatoms. The maximum absolute atomic E-state index is 10.6. The zero-order valence-electron chi connectivity index (χ0n) is 20.3. The number of nitrogens with one attached hydrogen (secondary N) is 5. The van der Waals surface area contributed by atoms with Crippen LogP contribution in [0.5, 0.6) is 0 Å². The largest absolute Gasteiger partial charge is 0.378 e. The van der Waals surface area contributed by atoms with E-state index in [9.17, 15) is 20.4 Å². The van der Waals surface area contributed by atoms with E-state index in [2.05, 4.69) is 31.8 Å². The minimum absolute atomic E-state index is 0.0473. The van der Waals surface area contributed by atoms with Crippen LogP contribution in [0.25, 0.3) is 0 Å². The van der Waals surface area contributed by atoms with Crippen LogP contribution >= 0.6 is 0 Å². The fourth-order valence-electron chi connectivity index (χ4n) is 4.73. The molecule has 33 heavy (non-hydrogen) atoms. The summed E-state index contributed by atoms with van der Waals surface area (Å²) in [5, 5.41) is 56.0. The molecule has 0 spiro atoms. The Morgan fingerprint density at radius 3 is 2.27 bits per heavy atom. The summed E-state index contributed by atoms with van der Waals surface area (Å²) in [7, 11) is 3.40. The van der Waals surface area contributed by atoms with Crippen LogP contribution in [0.2, 0.25) is 0 Å². The molecule has 0 aromatic heterocycles. The number of ether oxygens (including phenoxy) is 1. The second-order valence-corrected chi connectivity index (χ2v) is 9.33. The first kappa shape index (κ1) is 28.3. The van der Waals surface area contributed by atoms with Crippen LogP contribution < -0.4 is 26.7 Å². The van der Waals surface area contributed by atoms with Crippen molar-refractivity contribution in [2.24, 2.45) is 22.9 Å². The van der Waals surface area contributed by atoms with Crippen molar-refractivity contribution in [2.45, 2.75) is 95.7 Å². The quantitative estimate of drug-likeness (QED) is 0.0829. The van der Waals surface area contributed by atoms with Crippen LogP contribution in [0.3, 0.4) is 0 Å². The van der Waals surface area contributed by atoms with Crippen molar-refractivity contribution in [3.05, 3.63) is 0 Å². The first-order valence-corrected chi connectivity index (χ1v) is 12.4. The third-order valence-electron chi connectivity index (χ3n) is 6.95. The number of aliphatic hydroxyl groups is 4. The normalized spacial score (nSPS) is 30.8. The second kappa shape index (κ2) is 15.2. The highest BCUT2D eigenvalue weighted by molar-refractivity contribution is 5.63. The van der Waals surface area contributed by atoms with Crippen LogP contribution in [0.4, 0.5) is 0 Å². The van der Waals surface area contributed by atoms with Gasteiger partial charge in [0.1, 0.15) is 12.5 Å². The molecule has 2 aliphatic rings. The first-order chi connectivity index (χ1) is 15.9. The van der Waals surface area contributed by atoms with E-state index in [1.54, 1.807) is 20.3 Å². The van der Waals surface area contributed by atoms with Crippen molar-refractivity contribution in [3.63, 3.8) is 0 Å². The number of nitrogens with zero attached hydrogens (tertiary/aromatic N) is 1. The van der Waals surface area contributed by atoms with Crippen LogP contribution in [-0.4, -0.2) is 84.6 Å². The molecule has 194 valence electrons. The third kappa shape index (κ3) is 10.1. The number of hydrogen-bond acceptors (Lipinski definition) is 11. The smallest absolute Gasteiger partial charge is 0.213 e. The van der Waals surface area contributed by atoms with Crippen molar-refractivity contribution in [3.8, 4) is 0 Å². The SMILES string of the molecule is CC[C@@H](/C=N\NC(O)NCC1CCC(C(O)NC)CC1)NC(O)[C@H]1CC[C@@H](OC(O)NC)C1. The van der Waals surface area contributed by atoms with Gasteiger partial charge in [-0.05, 0) is 77.3 Å². The summed E-state index contributed by atoms with van der Waals surface area (Å²) in [4.78, 5) is 0. The molecule has 0 aromatic carbocycles. The van der Waals surface area contributed by atoms with Crippen molar-refractivity contribution in [2.75, 3.05) is 20.6 Å². The molecule has 11 nitrogen and oxygen atoms in total. The molecule has 9 N–H and O–H groups in total. The summed E-state index contributed by atoms with van der Waals surface area (Å²) >= 11 is 0. The molecular formula is C22H46N6O5. The predicted octanol–water partition coefficient (Wildman–Crippen LogP) is -0.861. The Kier molecular flexibility index (Phi) is 13.0. The minimum Gasteiger partial charge on any atom is -0.378 e. The van der Waals surface area contributed by atoms with E-state index in [1.807, 2.05) is 6.92 Å². The highest BCUT2D eigenvalue weighted by atomic mass is 16.6. The van der Waals surface area contributed by atoms with Gasteiger partial charge in [-0.2, -0.15) is 5.10 Å². The standard InChI is InChI=1S/C22H46N6O5/c1-4-17(27-20(30)16-9-10-18(11-16)33-22(32)24-3)13-26-28-21(31)25-12-14-5-7-15(8-6-14)19(29)23-2/h13-25,27-32H,4-12H2,1-3H3/b26-13-/t14?,15?,16-,17-,18+,19?,20?,21?,22?/m0/s1. The van der Waals surface area contributed by atoms with Gasteiger partial charge in [-0.25, -0.2) is 0 Å². The molecule has 2 fully saturated rings. The zero-order chi connectivity index (χ0) is 24.2. The Hall–Kier alpha value is -0.890. The maximum Gasteiger partial charge on any atom is 0.213 e. The molecule has 7 atom stereocenters. The fraction of sp³-hybridized carbons (Fsp3) is 0.955. The van der Waals surface area contributed by atoms with E-state index in [0.717, 1.165) is 44.9 Å². The van der Waals surface area contributed by atoms with Gasteiger partial charge in [0.2, 0.25) is 6.41 Å². The topological polar surface area (TPSA) is 163 Å². The molecule has 0 bridgehead atoms. The number of hydrogen-bond donors (Lipinski definition) is 9. The number of aliphatic hydroxyl groups excluding tert-OH is 4. The lowest BCUT2D eigenvalue weighted by Gasteiger charge is -2.31. The Balaban J connectivity index is 1.63. The number of rotatable bonds is 15. The summed E-state index contributed by atoms with van der Waals surface area (Å²) in [6, 6.07) is -0.142. The molecule has 0 saturated heterocycles. The van der Waals surface area contributed by atoms with Gasteiger partial charge in [0.15, 0.2) is 6.35 Å². The van der Waals surface area contributed by atoms with Crippen LogP contribution in [0, 0.1) is 17.8 Å². The monoisotopic (exact) mass is 474 g/mol. The number of hydrazone groups is 1. The first-order valence-electron chi connectivity index (χ1n) is 12.4. The van der Waals surface area contributed by atoms with E-state index in [0.29, 0.717) is 24.8 Å². The Bertz CT molecular complexity index is 551. The molecule has 0 amide bonds. The van der Waals surface area contributed by atoms with E-state index in [-0.39, 0.29) is 18.1 Å². The van der Waals surface area contributed by atoms with E-state index in [4.69, 9.17) is 4.74 Å². The molecular weight excluding hydrogens is 428 g/mol. The Labute approximate surface area is 197 Å². The lowest BCUT2D eigenvalue weighted by molar-refractivity contribution is -0.149. The summed E-state index contributed by atoms with van der Waals surface area (Å²) in [5.41, 5.74) is 2.69. The molecule has 0 heterocycles. The van der Waals surface area contributed by atoms with Gasteiger partial charge in [0.25, 0.3) is 0 Å². The predicted molar refractivity (Wildman–Crippen MR) is 127 cm³/mol. The summed E-state index contributed by atoms with van der Waals surface area (Å²) in [6.45, 7) is 2.68. The zero-order valence-corrected chi connectivity index (χ0v) is 20.3. The van der Waals surface area contributed by atoms with Crippen LogP contribution in [0.1, 0.15) is 58.3 Å². The summed E-state index contributed by atoms with van der Waals surface area (Å²) in [6.07, 6.45) is 5.55. The van der Waals surface area contributed by atoms with Gasteiger partial charge in [-0.15, -0.1) is 0 Å². The Morgan fingerprint density at radius 1 is 0.939 bits per heavy atom. The average molecular weight is 475 g/mol. The van der Waals surface area contributed by atoms with Crippen LogP contribution in [-0.2, 0) is 4.74 Å². The summed E-state index contributed by atoms with van der Waals surface area (Å²) < 4.78 is 5.47. The fourth-order valence-corrected chi connectivity index (χ4v) is 4.73. The van der Waals surface area contributed by atoms with E-state index in [1.165, 1.54) is 0 Å². The molecule has 0 aliphatic heterocycles. The highest BCUT2D eigenvalue weighted by Crippen LogP contribution is 2.31. The molecule has 0 radical (unpaired) electrons. The lowest BCUT2D eigenvalue weighted by atomic mass is 9.81. The molecule has 0 aromatic rings. The second-order valence-electron chi connectivity index (χ2n) is 9.33. The van der Waals surface area contributed by atoms with Gasteiger partial charge >= 0.3 is 0 Å². The van der Waals surface area contributed by atoms with Crippen molar-refractivity contribution in [1.29, 1.82) is 0 Å². The van der Waals surface area contributed by atoms with Gasteiger partial charge < -0.3 is 25.2 Å². The van der Waals surface area contributed by atoms with Crippen LogP contribution in [0.15, 0.2) is 5.10 Å². The van der Waals surface area contributed by atoms with Gasteiger partial charge in [-0.1, -0.05) is 6.92 Å². The van der Waals surface area contributed by atoms with Gasteiger partial charge in [0.05, 0.1) is 6.10 Å². The van der Waals surface area contributed by atoms with Crippen molar-refractivity contribution in [1.82, 2.24) is 26.7 Å². The van der Waals surface area contributed by atoms with E-state index >= 15 is 0 Å². The molecule has 2 aliphatic carbocycles. The van der Waals surface area contributed by atoms with Crippen molar-refractivity contribution < 1.29 is 25.2 Å². The molecule has 4 unspecified atom stereocenters. The molecule has 2 saturated carbocycles. The van der Waals surface area contributed by atoms with E-state index < -0.39 is 25.2 Å². The average Bonchev–Trinajstić information content (AvgIpc) is 3.30. The van der Waals surface area contributed by atoms with Crippen molar-refractivity contribution >= 4 is 6.21 Å². The molecule has 2 rings (SSSR count). The maximum atomic E-state index is 10.6.